The predicted molar refractivity (Wildman–Crippen MR) is 360 cm³/mol. The molecule has 4 aromatic rings. The zero-order valence-corrected chi connectivity index (χ0v) is 57.5. The molecule has 40 heteroatoms. The predicted octanol–water partition coefficient (Wildman–Crippen LogP) is 5.12. The topological polar surface area (TPSA) is 534 Å². The molecular weight excluding hydrogens is 1390 g/mol. The van der Waals surface area contributed by atoms with Gasteiger partial charge in [0.25, 0.3) is 17.7 Å². The van der Waals surface area contributed by atoms with Crippen LogP contribution >= 0.6 is 23.5 Å². The molecule has 1 fully saturated rings. The summed E-state index contributed by atoms with van der Waals surface area (Å²) in [6.45, 7) is 7.44. The molecule has 1 aliphatic carbocycles. The summed E-state index contributed by atoms with van der Waals surface area (Å²) in [5.41, 5.74) is 25.1. The molecule has 540 valence electrons. The number of aromatic nitrogens is 2. The second kappa shape index (κ2) is 34.4. The van der Waals surface area contributed by atoms with Gasteiger partial charge in [-0.05, 0) is 102 Å². The highest BCUT2D eigenvalue weighted by Crippen LogP contribution is 2.66. The molecule has 7 unspecified atom stereocenters. The molecule has 37 nitrogen and oxygen atoms in total. The number of nitrogens with one attached hydrogen (secondary N) is 5. The van der Waals surface area contributed by atoms with Crippen LogP contribution in [0.15, 0.2) is 115 Å². The number of nitrogen functional groups attached to an aromatic ring is 1. The first-order valence-corrected chi connectivity index (χ1v) is 35.7. The van der Waals surface area contributed by atoms with Gasteiger partial charge in [-0.2, -0.15) is 13.6 Å². The van der Waals surface area contributed by atoms with E-state index < -0.39 is 122 Å². The lowest BCUT2D eigenvalue weighted by Crippen LogP contribution is -2.53. The van der Waals surface area contributed by atoms with Gasteiger partial charge in [-0.15, -0.1) is 0 Å². The van der Waals surface area contributed by atoms with E-state index in [0.29, 0.717) is 35.8 Å². The molecule has 0 radical (unpaired) electrons. The average Bonchev–Trinajstić information content (AvgIpc) is 0.912. The fourth-order valence-electron chi connectivity index (χ4n) is 11.0. The van der Waals surface area contributed by atoms with Crippen LogP contribution in [0, 0.1) is 11.8 Å². The Labute approximate surface area is 575 Å². The van der Waals surface area contributed by atoms with Crippen molar-refractivity contribution in [2.45, 2.75) is 108 Å². The Kier molecular flexibility index (Phi) is 26.4. The molecule has 0 saturated carbocycles. The maximum absolute atomic E-state index is 14.1. The fourth-order valence-corrected chi connectivity index (χ4v) is 14.0. The van der Waals surface area contributed by atoms with Crippen molar-refractivity contribution >= 4 is 75.5 Å². The van der Waals surface area contributed by atoms with Crippen molar-refractivity contribution in [3.63, 3.8) is 0 Å². The Bertz CT molecular complexity index is 4390. The number of carbonyl (C=O) groups excluding carboxylic acids is 5. The van der Waals surface area contributed by atoms with Gasteiger partial charge >= 0.3 is 34.8 Å². The van der Waals surface area contributed by atoms with Gasteiger partial charge in [0, 0.05) is 82.9 Å². The number of phosphoric ester groups is 1. The first-order valence-electron chi connectivity index (χ1n) is 31.2. The van der Waals surface area contributed by atoms with E-state index in [1.54, 1.807) is 48.6 Å². The van der Waals surface area contributed by atoms with Gasteiger partial charge in [0.05, 0.1) is 24.8 Å². The second-order valence-corrected chi connectivity index (χ2v) is 28.7. The number of rotatable bonds is 32. The van der Waals surface area contributed by atoms with E-state index in [1.807, 2.05) is 6.07 Å². The van der Waals surface area contributed by atoms with Gasteiger partial charge < -0.3 is 80.2 Å². The lowest BCUT2D eigenvalue weighted by molar-refractivity contribution is -0.128. The van der Waals surface area contributed by atoms with Crippen LogP contribution in [0.5, 0.6) is 5.75 Å². The van der Waals surface area contributed by atoms with Gasteiger partial charge in [0.15, 0.2) is 6.23 Å². The smallest absolute Gasteiger partial charge is 0.490 e. The highest BCUT2D eigenvalue weighted by Gasteiger charge is 2.45. The van der Waals surface area contributed by atoms with Crippen LogP contribution in [-0.2, 0) is 66.3 Å². The highest BCUT2D eigenvalue weighted by atomic mass is 31.3. The maximum atomic E-state index is 14.1. The fraction of sp³-hybridized carbons (Fsp3) is 0.443. The molecule has 7 atom stereocenters. The van der Waals surface area contributed by atoms with Crippen molar-refractivity contribution in [1.29, 1.82) is 0 Å². The van der Waals surface area contributed by atoms with Crippen LogP contribution in [0.25, 0.3) is 31.9 Å². The van der Waals surface area contributed by atoms with Gasteiger partial charge in [0.1, 0.15) is 61.0 Å². The van der Waals surface area contributed by atoms with E-state index in [-0.39, 0.29) is 71.7 Å². The number of azide groups is 2. The Morgan fingerprint density at radius 3 is 2.35 bits per heavy atom. The molecule has 101 heavy (non-hydrogen) atoms. The van der Waals surface area contributed by atoms with Crippen molar-refractivity contribution in [2.75, 3.05) is 76.5 Å². The van der Waals surface area contributed by atoms with Crippen molar-refractivity contribution in [3.8, 4) is 17.6 Å². The number of amides is 5. The van der Waals surface area contributed by atoms with Gasteiger partial charge in [-0.25, -0.2) is 23.3 Å². The third kappa shape index (κ3) is 21.9. The number of nitrogens with two attached hydrogens (primary N) is 1. The SMILES string of the molecule is CC1(C)CCN2CCC(C)(C)c3c2c1cc1cc(C(=O)NC(CNC(=O)C2=C/C=C\C=C/C=C\2)C(=O)NCCCCCNC(=O)c2cccc(OCC(N=[N+]=[N-])OCC(=O)NCC#Cc4cn(C5CC(OCN=[N+]=[N-])C(COP(=O)(O)OP(=O)(O)OP(=O)(O)O)O5)c(=O)nc4N)c2)c(=O)oc31. The molecule has 1 saturated heterocycles. The largest absolute Gasteiger partial charge is 0.491 e. The number of allylic oxidation sites excluding steroid dienone is 6. The van der Waals surface area contributed by atoms with E-state index in [4.69, 9.17) is 44.4 Å². The zero-order valence-electron chi connectivity index (χ0n) is 54.9. The molecular formula is C61H74N15O22P3. The van der Waals surface area contributed by atoms with Crippen molar-refractivity contribution < 1.29 is 93.8 Å². The summed E-state index contributed by atoms with van der Waals surface area (Å²) in [6.07, 6.45) is 10.7. The molecule has 3 aliphatic heterocycles. The van der Waals surface area contributed by atoms with E-state index in [2.05, 4.69) is 109 Å². The molecule has 2 aromatic heterocycles. The quantitative estimate of drug-likeness (QED) is 0.00576. The van der Waals surface area contributed by atoms with E-state index in [0.717, 1.165) is 53.5 Å². The van der Waals surface area contributed by atoms with Crippen molar-refractivity contribution in [3.05, 3.63) is 160 Å². The molecule has 0 spiro atoms. The monoisotopic (exact) mass is 1460 g/mol. The van der Waals surface area contributed by atoms with Crippen LogP contribution < -0.4 is 53.3 Å². The Balaban J connectivity index is 0.784. The summed E-state index contributed by atoms with van der Waals surface area (Å²) in [4.78, 5) is 142. The number of ether oxygens (including phenoxy) is 4. The van der Waals surface area contributed by atoms with E-state index in [1.165, 1.54) is 24.3 Å². The van der Waals surface area contributed by atoms with Crippen LogP contribution in [0.4, 0.5) is 11.5 Å². The van der Waals surface area contributed by atoms with Gasteiger partial charge in [-0.3, -0.25) is 33.1 Å². The number of carbonyl (C=O) groups is 5. The molecule has 11 N–H and O–H groups in total. The molecule has 5 amide bonds. The van der Waals surface area contributed by atoms with Gasteiger partial charge in [-0.1, -0.05) is 86.2 Å². The lowest BCUT2D eigenvalue weighted by atomic mass is 9.69. The molecule has 4 aliphatic rings. The molecule has 5 heterocycles. The number of fused-ring (bicyclic) bond motifs is 2. The molecule has 0 bridgehead atoms. The maximum Gasteiger partial charge on any atom is 0.490 e. The van der Waals surface area contributed by atoms with Crippen LogP contribution in [0.3, 0.4) is 0 Å². The second-order valence-electron chi connectivity index (χ2n) is 24.3. The zero-order chi connectivity index (χ0) is 73.3. The van der Waals surface area contributed by atoms with E-state index >= 15 is 0 Å². The minimum atomic E-state index is -5.87. The van der Waals surface area contributed by atoms with Crippen LogP contribution in [0.2, 0.25) is 0 Å². The summed E-state index contributed by atoms with van der Waals surface area (Å²) in [5, 5.41) is 20.8. The Morgan fingerprint density at radius 2 is 1.60 bits per heavy atom. The number of hydrogen-bond donors (Lipinski definition) is 10. The number of unbranched alkanes of at least 4 members (excludes halogenated alkanes) is 2. The summed E-state index contributed by atoms with van der Waals surface area (Å²) in [7, 11) is -17.2. The van der Waals surface area contributed by atoms with Gasteiger partial charge in [0.2, 0.25) is 11.8 Å². The van der Waals surface area contributed by atoms with Crippen molar-refractivity contribution in [1.82, 2.24) is 36.1 Å². The summed E-state index contributed by atoms with van der Waals surface area (Å²) in [6, 6.07) is 8.23. The third-order valence-electron chi connectivity index (χ3n) is 16.1. The number of benzene rings is 2. The number of hydrogen-bond acceptors (Lipinski definition) is 23. The normalized spacial score (nSPS) is 20.4. The molecule has 2 aromatic carbocycles. The van der Waals surface area contributed by atoms with Crippen molar-refractivity contribution in [2.24, 2.45) is 10.2 Å². The van der Waals surface area contributed by atoms with Crippen LogP contribution in [-0.4, -0.2) is 149 Å². The number of nitrogens with zero attached hydrogens (tertiary/aromatic N) is 9. The standard InChI is InChI=1S/C61H74N15O22P3/c1-60(2)20-25-75-26-21-61(3,4)50-51(75)43(60)29-40-28-42(58(82)96-52(40)50)56(80)70-44(31-68-54(78)37-15-9-6-5-7-10-16-37)57(81)67-23-12-8-11-22-66-55(79)38-17-13-19-41(27-38)91-35-48(72-74-64)92-34-47(77)65-24-14-18-39-32-76(59(83)71-53(39)62)49-30-45(93-36-69-73-63)46(95-49)33-94-100(87,88)98-101(89,90)97-99(84,85)86/h5-7,9-10,13,15-17,19,27-29,32,44-46,48-49H,8,11-12,20-26,30-31,33-36H2,1-4H3,(H,65,77)(H,66,79)(H,67,81)(H,68,78)(H,70,80)(H,87,88)(H,89,90)(H2,62,71,83)(H2,84,85,86)/b6-5-,7-5?,9-6?,10-7-,15-9-,16-10?,37-15?,37-16+. The number of phosphoric acid groups is 3. The van der Waals surface area contributed by atoms with E-state index in [9.17, 15) is 62.6 Å². The average molecular weight is 1460 g/mol. The van der Waals surface area contributed by atoms with Crippen LogP contribution in [0.1, 0.15) is 110 Å². The number of anilines is 2. The highest BCUT2D eigenvalue weighted by molar-refractivity contribution is 7.66. The Hall–Kier alpha value is -9.29. The summed E-state index contributed by atoms with van der Waals surface area (Å²) < 4.78 is 76.5. The first-order chi connectivity index (χ1) is 47.9. The Morgan fingerprint density at radius 1 is 0.871 bits per heavy atom. The minimum Gasteiger partial charge on any atom is -0.491 e. The summed E-state index contributed by atoms with van der Waals surface area (Å²) in [5.74, 6) is 1.90. The summed E-state index contributed by atoms with van der Waals surface area (Å²) >= 11 is 0. The lowest BCUT2D eigenvalue weighted by Gasteiger charge is -2.48. The first kappa shape index (κ1) is 77.4. The minimum absolute atomic E-state index is 0.0603. The molecule has 8 rings (SSSR count). The third-order valence-corrected chi connectivity index (χ3v) is 19.9.